The van der Waals surface area contributed by atoms with Crippen LogP contribution >= 0.6 is 34.2 Å². The summed E-state index contributed by atoms with van der Waals surface area (Å²) in [4.78, 5) is 25.5. The van der Waals surface area contributed by atoms with Gasteiger partial charge in [0.15, 0.2) is 0 Å². The molecule has 0 radical (unpaired) electrons. The van der Waals surface area contributed by atoms with E-state index in [-0.39, 0.29) is 11.8 Å². The second kappa shape index (κ2) is 5.05. The number of hydrogen-bond donors (Lipinski definition) is 1. The number of rotatable bonds is 1. The van der Waals surface area contributed by atoms with Crippen molar-refractivity contribution in [1.82, 2.24) is 5.32 Å². The second-order valence-corrected chi connectivity index (χ2v) is 5.81. The Morgan fingerprint density at radius 1 is 1.33 bits per heavy atom. The number of halogens is 2. The van der Waals surface area contributed by atoms with Crippen molar-refractivity contribution >= 4 is 51.7 Å². The van der Waals surface area contributed by atoms with Gasteiger partial charge in [-0.1, -0.05) is 11.6 Å². The van der Waals surface area contributed by atoms with Gasteiger partial charge in [0.2, 0.25) is 11.8 Å². The first kappa shape index (κ1) is 13.6. The van der Waals surface area contributed by atoms with Crippen molar-refractivity contribution in [3.8, 4) is 0 Å². The summed E-state index contributed by atoms with van der Waals surface area (Å²) < 4.78 is 0.849. The average Bonchev–Trinajstić information content (AvgIpc) is 2.29. The summed E-state index contributed by atoms with van der Waals surface area (Å²) in [5.41, 5.74) is 0.721. The minimum absolute atomic E-state index is 0.109. The van der Waals surface area contributed by atoms with Crippen molar-refractivity contribution in [3.05, 3.63) is 26.8 Å². The predicted molar refractivity (Wildman–Crippen MR) is 78.7 cm³/mol. The largest absolute Gasteiger partial charge is 0.343 e. The number of piperazine rings is 1. The number of carbonyl (C=O) groups is 2. The highest BCUT2D eigenvalue weighted by atomic mass is 127. The smallest absolute Gasteiger partial charge is 0.250 e. The standard InChI is InChI=1S/C12H12ClIN2O2/c1-6-12(18)16(7(2)11(17)15-6)10-4-3-8(13)5-9(10)14/h3-7H,1-2H3,(H,15,17). The monoisotopic (exact) mass is 378 g/mol. The number of nitrogens with one attached hydrogen (secondary N) is 1. The number of anilines is 1. The Bertz CT molecular complexity index is 521. The topological polar surface area (TPSA) is 49.4 Å². The van der Waals surface area contributed by atoms with Gasteiger partial charge in [0.1, 0.15) is 12.1 Å². The minimum Gasteiger partial charge on any atom is -0.343 e. The average molecular weight is 379 g/mol. The third kappa shape index (κ3) is 2.33. The van der Waals surface area contributed by atoms with Gasteiger partial charge in [0, 0.05) is 8.59 Å². The third-order valence-corrected chi connectivity index (χ3v) is 4.00. The summed E-state index contributed by atoms with van der Waals surface area (Å²) in [6.07, 6.45) is 0. The van der Waals surface area contributed by atoms with Gasteiger partial charge in [-0.3, -0.25) is 14.5 Å². The van der Waals surface area contributed by atoms with E-state index in [1.165, 1.54) is 4.90 Å². The van der Waals surface area contributed by atoms with Gasteiger partial charge >= 0.3 is 0 Å². The number of hydrogen-bond acceptors (Lipinski definition) is 2. The van der Waals surface area contributed by atoms with E-state index in [2.05, 4.69) is 27.9 Å². The Labute approximate surface area is 124 Å². The third-order valence-electron chi connectivity index (χ3n) is 2.90. The first-order chi connectivity index (χ1) is 8.41. The van der Waals surface area contributed by atoms with E-state index >= 15 is 0 Å². The van der Waals surface area contributed by atoms with Gasteiger partial charge < -0.3 is 5.32 Å². The Morgan fingerprint density at radius 3 is 2.61 bits per heavy atom. The molecule has 1 aliphatic rings. The van der Waals surface area contributed by atoms with Crippen molar-refractivity contribution in [2.24, 2.45) is 0 Å². The summed E-state index contributed by atoms with van der Waals surface area (Å²) in [6.45, 7) is 3.39. The zero-order valence-electron chi connectivity index (χ0n) is 9.91. The summed E-state index contributed by atoms with van der Waals surface area (Å²) in [5.74, 6) is -0.254. The Morgan fingerprint density at radius 2 is 2.00 bits per heavy atom. The van der Waals surface area contributed by atoms with Gasteiger partial charge in [0.25, 0.3) is 0 Å². The molecule has 96 valence electrons. The molecule has 18 heavy (non-hydrogen) atoms. The fourth-order valence-corrected chi connectivity index (χ4v) is 3.05. The lowest BCUT2D eigenvalue weighted by Gasteiger charge is -2.36. The maximum Gasteiger partial charge on any atom is 0.250 e. The normalized spacial score (nSPS) is 24.1. The van der Waals surface area contributed by atoms with Gasteiger partial charge in [-0.2, -0.15) is 0 Å². The highest BCUT2D eigenvalue weighted by Gasteiger charge is 2.37. The van der Waals surface area contributed by atoms with Crippen molar-refractivity contribution in [3.63, 3.8) is 0 Å². The van der Waals surface area contributed by atoms with Crippen LogP contribution in [-0.4, -0.2) is 23.9 Å². The number of amides is 2. The van der Waals surface area contributed by atoms with Crippen LogP contribution in [0.1, 0.15) is 13.8 Å². The van der Waals surface area contributed by atoms with E-state index in [4.69, 9.17) is 11.6 Å². The molecule has 2 atom stereocenters. The van der Waals surface area contributed by atoms with Crippen LogP contribution in [0.4, 0.5) is 5.69 Å². The molecule has 1 N–H and O–H groups in total. The van der Waals surface area contributed by atoms with Crippen LogP contribution in [-0.2, 0) is 9.59 Å². The summed E-state index contributed by atoms with van der Waals surface area (Å²) in [7, 11) is 0. The van der Waals surface area contributed by atoms with E-state index in [9.17, 15) is 9.59 Å². The highest BCUT2D eigenvalue weighted by Crippen LogP contribution is 2.29. The Hall–Kier alpha value is -0.820. The quantitative estimate of drug-likeness (QED) is 0.762. The summed E-state index contributed by atoms with van der Waals surface area (Å²) in [5, 5.41) is 3.26. The minimum atomic E-state index is -0.511. The van der Waals surface area contributed by atoms with Crippen LogP contribution in [0.25, 0.3) is 0 Å². The van der Waals surface area contributed by atoms with Crippen LogP contribution in [0.15, 0.2) is 18.2 Å². The molecular weight excluding hydrogens is 367 g/mol. The van der Waals surface area contributed by atoms with Crippen LogP contribution in [0.2, 0.25) is 5.02 Å². The Balaban J connectivity index is 2.46. The molecule has 1 aliphatic heterocycles. The van der Waals surface area contributed by atoms with Crippen LogP contribution in [0.3, 0.4) is 0 Å². The van der Waals surface area contributed by atoms with Crippen molar-refractivity contribution in [2.45, 2.75) is 25.9 Å². The SMILES string of the molecule is CC1NC(=O)C(C)N(c2ccc(Cl)cc2I)C1=O. The molecule has 0 saturated carbocycles. The van der Waals surface area contributed by atoms with Crippen molar-refractivity contribution in [1.29, 1.82) is 0 Å². The van der Waals surface area contributed by atoms with E-state index in [1.54, 1.807) is 32.0 Å². The molecule has 1 aromatic carbocycles. The highest BCUT2D eigenvalue weighted by molar-refractivity contribution is 14.1. The molecule has 2 rings (SSSR count). The number of carbonyl (C=O) groups excluding carboxylic acids is 2. The molecule has 2 unspecified atom stereocenters. The lowest BCUT2D eigenvalue weighted by atomic mass is 10.1. The molecule has 6 heteroatoms. The molecule has 0 bridgehead atoms. The molecule has 1 aromatic rings. The molecule has 1 heterocycles. The summed E-state index contributed by atoms with van der Waals surface area (Å²) in [6, 6.07) is 4.25. The first-order valence-electron chi connectivity index (χ1n) is 5.50. The van der Waals surface area contributed by atoms with Crippen LogP contribution in [0, 0.1) is 3.57 Å². The molecule has 0 aliphatic carbocycles. The van der Waals surface area contributed by atoms with E-state index in [0.29, 0.717) is 5.02 Å². The fourth-order valence-electron chi connectivity index (χ4n) is 1.92. The maximum atomic E-state index is 12.2. The van der Waals surface area contributed by atoms with Gasteiger partial charge in [-0.05, 0) is 54.6 Å². The van der Waals surface area contributed by atoms with Gasteiger partial charge in [0.05, 0.1) is 5.69 Å². The molecule has 0 aromatic heterocycles. The van der Waals surface area contributed by atoms with Gasteiger partial charge in [-0.25, -0.2) is 0 Å². The molecular formula is C12H12ClIN2O2. The maximum absolute atomic E-state index is 12.2. The van der Waals surface area contributed by atoms with Crippen LogP contribution in [0.5, 0.6) is 0 Å². The van der Waals surface area contributed by atoms with Gasteiger partial charge in [-0.15, -0.1) is 0 Å². The lowest BCUT2D eigenvalue weighted by molar-refractivity contribution is -0.133. The second-order valence-electron chi connectivity index (χ2n) is 4.21. The Kier molecular flexibility index (Phi) is 3.82. The predicted octanol–water partition coefficient (Wildman–Crippen LogP) is 2.18. The number of nitrogens with zero attached hydrogens (tertiary/aromatic N) is 1. The summed E-state index contributed by atoms with van der Waals surface area (Å²) >= 11 is 8.01. The molecule has 1 fully saturated rings. The van der Waals surface area contributed by atoms with E-state index in [1.807, 2.05) is 0 Å². The molecule has 1 saturated heterocycles. The van der Waals surface area contributed by atoms with Crippen LogP contribution < -0.4 is 10.2 Å². The zero-order chi connectivity index (χ0) is 13.4. The molecule has 0 spiro atoms. The van der Waals surface area contributed by atoms with E-state index < -0.39 is 12.1 Å². The van der Waals surface area contributed by atoms with Crippen molar-refractivity contribution < 1.29 is 9.59 Å². The first-order valence-corrected chi connectivity index (χ1v) is 6.96. The van der Waals surface area contributed by atoms with E-state index in [0.717, 1.165) is 9.26 Å². The lowest BCUT2D eigenvalue weighted by Crippen LogP contribution is -2.61. The molecule has 4 nitrogen and oxygen atoms in total. The zero-order valence-corrected chi connectivity index (χ0v) is 12.8. The fraction of sp³-hybridized carbons (Fsp3) is 0.333. The number of benzene rings is 1. The molecule has 2 amide bonds. The van der Waals surface area contributed by atoms with Crippen molar-refractivity contribution in [2.75, 3.05) is 4.90 Å².